The molecule has 1 N–H and O–H groups in total. The first-order valence-corrected chi connectivity index (χ1v) is 9.01. The molecule has 1 aromatic carbocycles. The van der Waals surface area contributed by atoms with E-state index in [9.17, 15) is 10.1 Å². The van der Waals surface area contributed by atoms with E-state index in [0.717, 1.165) is 29.9 Å². The van der Waals surface area contributed by atoms with E-state index in [1.54, 1.807) is 18.2 Å². The number of nitrogens with zero attached hydrogens (tertiary/aromatic N) is 1. The van der Waals surface area contributed by atoms with Gasteiger partial charge < -0.3 is 5.32 Å². The number of non-ortho nitro benzene ring substituents is 1. The summed E-state index contributed by atoms with van der Waals surface area (Å²) in [5, 5.41) is 14.6. The highest BCUT2D eigenvalue weighted by atomic mass is 16.6. The Morgan fingerprint density at radius 1 is 1.22 bits per heavy atom. The maximum Gasteiger partial charge on any atom is 0.269 e. The number of hydrogen-bond donors (Lipinski definition) is 1. The molecule has 4 aliphatic rings. The van der Waals surface area contributed by atoms with Crippen molar-refractivity contribution >= 4 is 5.69 Å². The van der Waals surface area contributed by atoms with Crippen LogP contribution in [-0.2, 0) is 6.54 Å². The molecule has 4 bridgehead atoms. The quantitative estimate of drug-likeness (QED) is 0.651. The minimum absolute atomic E-state index is 0.187. The van der Waals surface area contributed by atoms with Crippen LogP contribution in [0.25, 0.3) is 0 Å². The highest BCUT2D eigenvalue weighted by Crippen LogP contribution is 2.61. The van der Waals surface area contributed by atoms with Gasteiger partial charge in [0, 0.05) is 24.7 Å². The van der Waals surface area contributed by atoms with Crippen LogP contribution in [0.1, 0.15) is 51.0 Å². The first-order chi connectivity index (χ1) is 11.0. The van der Waals surface area contributed by atoms with Gasteiger partial charge in [0.25, 0.3) is 5.69 Å². The van der Waals surface area contributed by atoms with E-state index < -0.39 is 0 Å². The molecule has 124 valence electrons. The molecule has 23 heavy (non-hydrogen) atoms. The smallest absolute Gasteiger partial charge is 0.269 e. The van der Waals surface area contributed by atoms with Crippen molar-refractivity contribution in [1.82, 2.24) is 5.32 Å². The van der Waals surface area contributed by atoms with Gasteiger partial charge in [-0.2, -0.15) is 0 Å². The molecule has 0 heterocycles. The van der Waals surface area contributed by atoms with Crippen molar-refractivity contribution in [3.05, 3.63) is 39.9 Å². The molecule has 0 amide bonds. The van der Waals surface area contributed by atoms with Crippen LogP contribution in [0, 0.1) is 33.3 Å². The predicted octanol–water partition coefficient (Wildman–Crippen LogP) is 4.29. The zero-order valence-electron chi connectivity index (χ0n) is 13.8. The molecule has 0 aromatic heterocycles. The summed E-state index contributed by atoms with van der Waals surface area (Å²) in [4.78, 5) is 10.6. The van der Waals surface area contributed by atoms with Gasteiger partial charge in [-0.1, -0.05) is 12.1 Å². The molecule has 4 nitrogen and oxygen atoms in total. The number of rotatable bonds is 5. The number of nitrogens with one attached hydrogen (secondary N) is 1. The van der Waals surface area contributed by atoms with E-state index in [1.165, 1.54) is 38.5 Å². The molecule has 0 aliphatic heterocycles. The molecule has 5 rings (SSSR count). The van der Waals surface area contributed by atoms with Crippen LogP contribution < -0.4 is 5.32 Å². The van der Waals surface area contributed by atoms with Crippen molar-refractivity contribution in [2.45, 2.75) is 58.0 Å². The molecular formula is C19H26N2O2. The minimum Gasteiger partial charge on any atom is -0.310 e. The third-order valence-electron chi connectivity index (χ3n) is 6.74. The Hall–Kier alpha value is -1.42. The highest BCUT2D eigenvalue weighted by Gasteiger charge is 2.52. The Kier molecular flexibility index (Phi) is 3.67. The largest absolute Gasteiger partial charge is 0.310 e. The van der Waals surface area contributed by atoms with Gasteiger partial charge in [-0.15, -0.1) is 0 Å². The molecule has 4 aliphatic carbocycles. The lowest BCUT2D eigenvalue weighted by molar-refractivity contribution is -0.384. The van der Waals surface area contributed by atoms with Crippen LogP contribution in [0.3, 0.4) is 0 Å². The third kappa shape index (κ3) is 2.78. The second-order valence-corrected chi connectivity index (χ2v) is 8.31. The van der Waals surface area contributed by atoms with Gasteiger partial charge in [0.05, 0.1) is 4.92 Å². The Balaban J connectivity index is 1.43. The lowest BCUT2D eigenvalue weighted by Crippen LogP contribution is -2.54. The van der Waals surface area contributed by atoms with E-state index in [0.29, 0.717) is 11.5 Å². The van der Waals surface area contributed by atoms with Crippen LogP contribution in [0.2, 0.25) is 0 Å². The maximum absolute atomic E-state index is 10.9. The zero-order chi connectivity index (χ0) is 16.0. The van der Waals surface area contributed by atoms with Gasteiger partial charge in [-0.25, -0.2) is 0 Å². The lowest BCUT2D eigenvalue weighted by Gasteiger charge is -2.59. The summed E-state index contributed by atoms with van der Waals surface area (Å²) >= 11 is 0. The summed E-state index contributed by atoms with van der Waals surface area (Å²) in [6.45, 7) is 3.06. The number of benzene rings is 1. The topological polar surface area (TPSA) is 55.2 Å². The summed E-state index contributed by atoms with van der Waals surface area (Å²) < 4.78 is 0. The Morgan fingerprint density at radius 3 is 2.39 bits per heavy atom. The summed E-state index contributed by atoms with van der Waals surface area (Å²) in [6, 6.07) is 7.51. The first kappa shape index (κ1) is 15.1. The van der Waals surface area contributed by atoms with Gasteiger partial charge in [0.15, 0.2) is 0 Å². The molecule has 1 unspecified atom stereocenters. The van der Waals surface area contributed by atoms with Gasteiger partial charge in [-0.05, 0) is 74.2 Å². The molecular weight excluding hydrogens is 288 g/mol. The predicted molar refractivity (Wildman–Crippen MR) is 90.0 cm³/mol. The summed E-state index contributed by atoms with van der Waals surface area (Å²) in [7, 11) is 0. The van der Waals surface area contributed by atoms with Gasteiger partial charge in [0.1, 0.15) is 0 Å². The monoisotopic (exact) mass is 314 g/mol. The van der Waals surface area contributed by atoms with Crippen molar-refractivity contribution in [1.29, 1.82) is 0 Å². The molecule has 0 saturated heterocycles. The third-order valence-corrected chi connectivity index (χ3v) is 6.74. The molecule has 0 spiro atoms. The van der Waals surface area contributed by atoms with E-state index in [2.05, 4.69) is 12.2 Å². The second-order valence-electron chi connectivity index (χ2n) is 8.31. The van der Waals surface area contributed by atoms with Gasteiger partial charge in [-0.3, -0.25) is 10.1 Å². The number of hydrogen-bond acceptors (Lipinski definition) is 3. The van der Waals surface area contributed by atoms with Crippen LogP contribution in [0.5, 0.6) is 0 Å². The summed E-state index contributed by atoms with van der Waals surface area (Å²) in [5.74, 6) is 2.88. The van der Waals surface area contributed by atoms with Crippen molar-refractivity contribution in [3.8, 4) is 0 Å². The van der Waals surface area contributed by atoms with E-state index >= 15 is 0 Å². The maximum atomic E-state index is 10.9. The number of nitro benzene ring substituents is 1. The first-order valence-electron chi connectivity index (χ1n) is 9.01. The fourth-order valence-corrected chi connectivity index (χ4v) is 5.98. The van der Waals surface area contributed by atoms with E-state index in [1.807, 2.05) is 6.07 Å². The van der Waals surface area contributed by atoms with Crippen molar-refractivity contribution < 1.29 is 4.92 Å². The normalized spacial score (nSPS) is 36.1. The van der Waals surface area contributed by atoms with Gasteiger partial charge in [0.2, 0.25) is 0 Å². The van der Waals surface area contributed by atoms with E-state index in [4.69, 9.17) is 0 Å². The summed E-state index contributed by atoms with van der Waals surface area (Å²) in [5.41, 5.74) is 1.68. The Labute approximate surface area is 137 Å². The van der Waals surface area contributed by atoms with Crippen LogP contribution in [0.4, 0.5) is 5.69 Å². The van der Waals surface area contributed by atoms with Crippen molar-refractivity contribution in [3.63, 3.8) is 0 Å². The zero-order valence-corrected chi connectivity index (χ0v) is 13.8. The average molecular weight is 314 g/mol. The Bertz CT molecular complexity index is 578. The number of nitro groups is 1. The highest BCUT2D eigenvalue weighted by molar-refractivity contribution is 5.34. The fraction of sp³-hybridized carbons (Fsp3) is 0.684. The lowest BCUT2D eigenvalue weighted by atomic mass is 9.48. The SMILES string of the molecule is CC(NCc1cccc([N+](=O)[O-])c1)C12CC3CC(CC(C3)C1)C2. The van der Waals surface area contributed by atoms with Crippen LogP contribution >= 0.6 is 0 Å². The van der Waals surface area contributed by atoms with Crippen LogP contribution in [0.15, 0.2) is 24.3 Å². The summed E-state index contributed by atoms with van der Waals surface area (Å²) in [6.07, 6.45) is 8.58. The fourth-order valence-electron chi connectivity index (χ4n) is 5.98. The Morgan fingerprint density at radius 2 is 1.83 bits per heavy atom. The molecule has 1 aromatic rings. The molecule has 4 fully saturated rings. The minimum atomic E-state index is -0.313. The van der Waals surface area contributed by atoms with E-state index in [-0.39, 0.29) is 10.6 Å². The van der Waals surface area contributed by atoms with Crippen molar-refractivity contribution in [2.75, 3.05) is 0 Å². The average Bonchev–Trinajstić information content (AvgIpc) is 2.51. The molecule has 4 heteroatoms. The van der Waals surface area contributed by atoms with Crippen LogP contribution in [-0.4, -0.2) is 11.0 Å². The molecule has 1 atom stereocenters. The molecule has 0 radical (unpaired) electrons. The standard InChI is InChI=1S/C19H26N2O2/c1-13(20-12-14-3-2-4-18(8-14)21(22)23)19-9-15-5-16(10-19)7-17(6-15)11-19/h2-4,8,13,15-17,20H,5-7,9-12H2,1H3. The second kappa shape index (κ2) is 5.59. The molecule has 4 saturated carbocycles. The van der Waals surface area contributed by atoms with Gasteiger partial charge >= 0.3 is 0 Å². The van der Waals surface area contributed by atoms with Crippen molar-refractivity contribution in [2.24, 2.45) is 23.2 Å².